The Morgan fingerprint density at radius 3 is 2.90 bits per heavy atom. The number of H-pyrrole nitrogens is 1. The number of aromatic hydroxyl groups is 1. The van der Waals surface area contributed by atoms with Crippen molar-refractivity contribution in [1.29, 1.82) is 0 Å². The summed E-state index contributed by atoms with van der Waals surface area (Å²) in [6.45, 7) is 2.10. The highest BCUT2D eigenvalue weighted by Crippen LogP contribution is 2.29. The zero-order chi connectivity index (χ0) is 13.9. The minimum Gasteiger partial charge on any atom is -0.508 e. The summed E-state index contributed by atoms with van der Waals surface area (Å²) in [6, 6.07) is 13.6. The maximum absolute atomic E-state index is 9.97. The number of aromatic amines is 1. The van der Waals surface area contributed by atoms with Crippen LogP contribution in [0.2, 0.25) is 0 Å². The quantitative estimate of drug-likeness (QED) is 0.673. The highest BCUT2D eigenvalue weighted by atomic mass is 16.3. The van der Waals surface area contributed by atoms with Crippen LogP contribution in [0.25, 0.3) is 10.9 Å². The Labute approximate surface area is 117 Å². The van der Waals surface area contributed by atoms with Gasteiger partial charge in [0.15, 0.2) is 0 Å². The van der Waals surface area contributed by atoms with Crippen LogP contribution >= 0.6 is 0 Å². The number of nitrogens with one attached hydrogen (secondary N) is 2. The first-order valence-corrected chi connectivity index (χ1v) is 6.75. The van der Waals surface area contributed by atoms with Gasteiger partial charge in [0.2, 0.25) is 0 Å². The molecule has 3 rings (SSSR count). The molecule has 0 fully saturated rings. The largest absolute Gasteiger partial charge is 0.508 e. The van der Waals surface area contributed by atoms with E-state index in [1.165, 1.54) is 0 Å². The minimum absolute atomic E-state index is 0.0838. The average molecular weight is 267 g/mol. The van der Waals surface area contributed by atoms with Crippen LogP contribution in [0.15, 0.2) is 48.7 Å². The fourth-order valence-electron chi connectivity index (χ4n) is 2.42. The van der Waals surface area contributed by atoms with Gasteiger partial charge in [-0.05, 0) is 30.7 Å². The van der Waals surface area contributed by atoms with Crippen molar-refractivity contribution in [1.82, 2.24) is 10.2 Å². The van der Waals surface area contributed by atoms with E-state index in [1.807, 2.05) is 30.3 Å². The summed E-state index contributed by atoms with van der Waals surface area (Å²) in [6.07, 6.45) is 2.70. The molecule has 4 nitrogen and oxygen atoms in total. The number of rotatable bonds is 4. The summed E-state index contributed by atoms with van der Waals surface area (Å²) in [5.74, 6) is 0.330. The van der Waals surface area contributed by atoms with Crippen molar-refractivity contribution in [2.24, 2.45) is 0 Å². The van der Waals surface area contributed by atoms with Gasteiger partial charge in [-0.15, -0.1) is 0 Å². The molecular weight excluding hydrogens is 250 g/mol. The van der Waals surface area contributed by atoms with Crippen LogP contribution < -0.4 is 5.32 Å². The van der Waals surface area contributed by atoms with Gasteiger partial charge in [0.05, 0.1) is 17.8 Å². The molecule has 102 valence electrons. The number of hydrogen-bond acceptors (Lipinski definition) is 3. The van der Waals surface area contributed by atoms with Gasteiger partial charge in [0.25, 0.3) is 0 Å². The molecule has 0 spiro atoms. The van der Waals surface area contributed by atoms with Gasteiger partial charge >= 0.3 is 0 Å². The fraction of sp³-hybridized carbons (Fsp3) is 0.188. The molecule has 0 bridgehead atoms. The third kappa shape index (κ3) is 2.32. The number of phenols is 1. The molecule has 0 radical (unpaired) electrons. The number of anilines is 1. The number of hydrogen-bond donors (Lipinski definition) is 3. The first kappa shape index (κ1) is 12.5. The Bertz CT molecular complexity index is 720. The van der Waals surface area contributed by atoms with Crippen LogP contribution in [-0.4, -0.2) is 15.3 Å². The molecule has 1 heterocycles. The van der Waals surface area contributed by atoms with E-state index in [4.69, 9.17) is 0 Å². The summed E-state index contributed by atoms with van der Waals surface area (Å²) in [5.41, 5.74) is 2.96. The maximum Gasteiger partial charge on any atom is 0.120 e. The summed E-state index contributed by atoms with van der Waals surface area (Å²) in [5, 5.41) is 21.5. The summed E-state index contributed by atoms with van der Waals surface area (Å²) >= 11 is 0. The van der Waals surface area contributed by atoms with Crippen molar-refractivity contribution in [3.8, 4) is 5.75 Å². The van der Waals surface area contributed by atoms with Crippen molar-refractivity contribution in [3.63, 3.8) is 0 Å². The van der Waals surface area contributed by atoms with E-state index in [9.17, 15) is 5.11 Å². The fourth-order valence-corrected chi connectivity index (χ4v) is 2.42. The van der Waals surface area contributed by atoms with Crippen LogP contribution in [-0.2, 0) is 0 Å². The number of fused-ring (bicyclic) bond motifs is 1. The second-order valence-corrected chi connectivity index (χ2v) is 4.84. The molecule has 0 aliphatic carbocycles. The van der Waals surface area contributed by atoms with Gasteiger partial charge in [-0.1, -0.05) is 25.1 Å². The molecule has 2 aromatic carbocycles. The average Bonchev–Trinajstić information content (AvgIpc) is 2.93. The Morgan fingerprint density at radius 1 is 1.25 bits per heavy atom. The molecule has 0 amide bonds. The second-order valence-electron chi connectivity index (χ2n) is 4.84. The standard InChI is InChI=1S/C16H17N3O/c1-2-14(13-5-3-4-6-16(13)20)18-12-7-8-15-11(9-12)10-17-19-15/h3-10,14,18,20H,2H2,1H3,(H,17,19). The Hall–Kier alpha value is -2.49. The van der Waals surface area contributed by atoms with Crippen LogP contribution in [0.4, 0.5) is 5.69 Å². The number of aromatic nitrogens is 2. The lowest BCUT2D eigenvalue weighted by molar-refractivity contribution is 0.463. The third-order valence-corrected chi connectivity index (χ3v) is 3.50. The maximum atomic E-state index is 9.97. The SMILES string of the molecule is CCC(Nc1ccc2[nH]ncc2c1)c1ccccc1O. The molecule has 0 aliphatic rings. The van der Waals surface area contributed by atoms with Gasteiger partial charge in [0, 0.05) is 16.6 Å². The van der Waals surface area contributed by atoms with Crippen LogP contribution in [0.3, 0.4) is 0 Å². The van der Waals surface area contributed by atoms with Crippen molar-refractivity contribution in [2.75, 3.05) is 5.32 Å². The lowest BCUT2D eigenvalue weighted by Crippen LogP contribution is -2.09. The van der Waals surface area contributed by atoms with Crippen LogP contribution in [0, 0.1) is 0 Å². The highest BCUT2D eigenvalue weighted by Gasteiger charge is 2.13. The lowest BCUT2D eigenvalue weighted by Gasteiger charge is -2.19. The zero-order valence-corrected chi connectivity index (χ0v) is 11.3. The molecule has 20 heavy (non-hydrogen) atoms. The number of phenolic OH excluding ortho intramolecular Hbond substituents is 1. The number of benzene rings is 2. The Balaban J connectivity index is 1.89. The topological polar surface area (TPSA) is 60.9 Å². The normalized spacial score (nSPS) is 12.4. The molecule has 1 aromatic heterocycles. The summed E-state index contributed by atoms with van der Waals surface area (Å²) in [4.78, 5) is 0. The molecule has 0 saturated carbocycles. The molecular formula is C16H17N3O. The van der Waals surface area contributed by atoms with Crippen molar-refractivity contribution in [3.05, 3.63) is 54.2 Å². The number of para-hydroxylation sites is 1. The van der Waals surface area contributed by atoms with Gasteiger partial charge in [-0.3, -0.25) is 5.10 Å². The zero-order valence-electron chi connectivity index (χ0n) is 11.3. The van der Waals surface area contributed by atoms with E-state index >= 15 is 0 Å². The summed E-state index contributed by atoms with van der Waals surface area (Å²) < 4.78 is 0. The molecule has 0 aliphatic heterocycles. The van der Waals surface area contributed by atoms with Gasteiger partial charge in [-0.25, -0.2) is 0 Å². The van der Waals surface area contributed by atoms with Crippen molar-refractivity contribution < 1.29 is 5.11 Å². The second kappa shape index (κ2) is 5.25. The molecule has 0 saturated heterocycles. The van der Waals surface area contributed by atoms with E-state index in [2.05, 4.69) is 28.5 Å². The highest BCUT2D eigenvalue weighted by molar-refractivity contribution is 5.81. The summed E-state index contributed by atoms with van der Waals surface area (Å²) in [7, 11) is 0. The third-order valence-electron chi connectivity index (χ3n) is 3.50. The lowest BCUT2D eigenvalue weighted by atomic mass is 10.0. The Kier molecular flexibility index (Phi) is 3.29. The van der Waals surface area contributed by atoms with Crippen LogP contribution in [0.5, 0.6) is 5.75 Å². The molecule has 4 heteroatoms. The van der Waals surface area contributed by atoms with Crippen molar-refractivity contribution in [2.45, 2.75) is 19.4 Å². The molecule has 3 N–H and O–H groups in total. The first-order chi connectivity index (χ1) is 9.78. The molecule has 1 unspecified atom stereocenters. The van der Waals surface area contributed by atoms with Gasteiger partial charge in [-0.2, -0.15) is 5.10 Å². The van der Waals surface area contributed by atoms with E-state index in [1.54, 1.807) is 12.3 Å². The monoisotopic (exact) mass is 267 g/mol. The smallest absolute Gasteiger partial charge is 0.120 e. The Morgan fingerprint density at radius 2 is 2.10 bits per heavy atom. The predicted molar refractivity (Wildman–Crippen MR) is 80.9 cm³/mol. The van der Waals surface area contributed by atoms with Gasteiger partial charge in [0.1, 0.15) is 5.75 Å². The van der Waals surface area contributed by atoms with E-state index in [-0.39, 0.29) is 6.04 Å². The van der Waals surface area contributed by atoms with Gasteiger partial charge < -0.3 is 10.4 Å². The number of nitrogens with zero attached hydrogens (tertiary/aromatic N) is 1. The van der Waals surface area contributed by atoms with Crippen molar-refractivity contribution >= 4 is 16.6 Å². The van der Waals surface area contributed by atoms with E-state index < -0.39 is 0 Å². The predicted octanol–water partition coefficient (Wildman–Crippen LogP) is 3.83. The molecule has 3 aromatic rings. The van der Waals surface area contributed by atoms with E-state index in [0.717, 1.165) is 28.6 Å². The first-order valence-electron chi connectivity index (χ1n) is 6.75. The van der Waals surface area contributed by atoms with Crippen LogP contribution in [0.1, 0.15) is 24.9 Å². The van der Waals surface area contributed by atoms with E-state index in [0.29, 0.717) is 5.75 Å². The molecule has 1 atom stereocenters. The minimum atomic E-state index is 0.0838.